The molecule has 0 bridgehead atoms. The largest absolute Gasteiger partial charge is 0.298 e. The summed E-state index contributed by atoms with van der Waals surface area (Å²) in [5.41, 5.74) is 0.822. The molecule has 0 saturated heterocycles. The van der Waals surface area contributed by atoms with Gasteiger partial charge in [0.25, 0.3) is 0 Å². The molecule has 0 amide bonds. The van der Waals surface area contributed by atoms with Gasteiger partial charge in [0.1, 0.15) is 6.29 Å². The Morgan fingerprint density at radius 1 is 1.54 bits per heavy atom. The predicted octanol–water partition coefficient (Wildman–Crippen LogP) is 3.89. The number of rotatable bonds is 3. The third-order valence-corrected chi connectivity index (χ3v) is 1.47. The van der Waals surface area contributed by atoms with Gasteiger partial charge in [0.2, 0.25) is 0 Å². The average Bonchev–Trinajstić information content (AvgIpc) is 2.05. The molecule has 0 fully saturated rings. The topological polar surface area (TPSA) is 17.1 Å². The molecule has 13 heavy (non-hydrogen) atoms. The van der Waals surface area contributed by atoms with Gasteiger partial charge in [-0.15, -0.1) is 0 Å². The van der Waals surface area contributed by atoms with Gasteiger partial charge in [0.05, 0.1) is 0 Å². The molecule has 1 atom stereocenters. The van der Waals surface area contributed by atoms with E-state index in [1.807, 2.05) is 26.0 Å². The van der Waals surface area contributed by atoms with Gasteiger partial charge in [0.15, 0.2) is 0 Å². The van der Waals surface area contributed by atoms with Crippen molar-refractivity contribution < 1.29 is 4.79 Å². The Kier molecular flexibility index (Phi) is 13.5. The summed E-state index contributed by atoms with van der Waals surface area (Å²) in [6.45, 7) is 7.90. The standard InChI is InChI=1S/C6H10O.C5H9Br/c1-3-4-6(2)5-7;1-3-4-5(2)6/h4-5H,3H2,1-2H3;3-5H,1-2H3/b6-4+;4-3-. The number of hydrogen-bond donors (Lipinski definition) is 0. The average molecular weight is 247 g/mol. The van der Waals surface area contributed by atoms with Gasteiger partial charge < -0.3 is 0 Å². The lowest BCUT2D eigenvalue weighted by Gasteiger charge is -1.84. The fraction of sp³-hybridized carbons (Fsp3) is 0.545. The molecule has 2 heteroatoms. The van der Waals surface area contributed by atoms with E-state index < -0.39 is 0 Å². The Balaban J connectivity index is 0. The normalized spacial score (nSPS) is 13.5. The minimum absolute atomic E-state index is 0.530. The number of aldehydes is 1. The maximum Gasteiger partial charge on any atom is 0.145 e. The zero-order valence-electron chi connectivity index (χ0n) is 8.88. The van der Waals surface area contributed by atoms with Gasteiger partial charge in [-0.1, -0.05) is 41.1 Å². The number of allylic oxidation sites excluding steroid dienone is 4. The first kappa shape index (κ1) is 15.1. The molecule has 0 saturated carbocycles. The monoisotopic (exact) mass is 246 g/mol. The van der Waals surface area contributed by atoms with Crippen LogP contribution in [0.15, 0.2) is 23.8 Å². The summed E-state index contributed by atoms with van der Waals surface area (Å²) in [5.74, 6) is 0. The summed E-state index contributed by atoms with van der Waals surface area (Å²) < 4.78 is 0. The van der Waals surface area contributed by atoms with E-state index in [9.17, 15) is 4.79 Å². The van der Waals surface area contributed by atoms with Gasteiger partial charge in [-0.05, 0) is 32.8 Å². The van der Waals surface area contributed by atoms with Crippen molar-refractivity contribution in [3.8, 4) is 0 Å². The van der Waals surface area contributed by atoms with Crippen molar-refractivity contribution >= 4 is 22.2 Å². The van der Waals surface area contributed by atoms with Gasteiger partial charge in [-0.2, -0.15) is 0 Å². The number of alkyl halides is 1. The van der Waals surface area contributed by atoms with Crippen molar-refractivity contribution in [2.24, 2.45) is 0 Å². The van der Waals surface area contributed by atoms with E-state index in [1.165, 1.54) is 0 Å². The third kappa shape index (κ3) is 18.5. The Morgan fingerprint density at radius 3 is 2.15 bits per heavy atom. The van der Waals surface area contributed by atoms with E-state index in [4.69, 9.17) is 0 Å². The fourth-order valence-corrected chi connectivity index (χ4v) is 0.941. The van der Waals surface area contributed by atoms with Crippen molar-refractivity contribution in [2.75, 3.05) is 0 Å². The first-order valence-electron chi connectivity index (χ1n) is 4.47. The van der Waals surface area contributed by atoms with E-state index in [1.54, 1.807) is 6.92 Å². The Hall–Kier alpha value is -0.370. The quantitative estimate of drug-likeness (QED) is 0.320. The molecular formula is C11H19BrO. The highest BCUT2D eigenvalue weighted by molar-refractivity contribution is 9.09. The van der Waals surface area contributed by atoms with Crippen LogP contribution in [-0.2, 0) is 4.79 Å². The van der Waals surface area contributed by atoms with E-state index in [2.05, 4.69) is 28.9 Å². The number of halogens is 1. The van der Waals surface area contributed by atoms with E-state index >= 15 is 0 Å². The van der Waals surface area contributed by atoms with E-state index in [0.29, 0.717) is 4.83 Å². The molecule has 0 rings (SSSR count). The number of hydrogen-bond acceptors (Lipinski definition) is 1. The molecule has 76 valence electrons. The van der Waals surface area contributed by atoms with Gasteiger partial charge in [0, 0.05) is 4.83 Å². The van der Waals surface area contributed by atoms with Crippen LogP contribution in [0.25, 0.3) is 0 Å². The van der Waals surface area contributed by atoms with Crippen LogP contribution >= 0.6 is 15.9 Å². The lowest BCUT2D eigenvalue weighted by Crippen LogP contribution is -1.76. The second-order valence-electron chi connectivity index (χ2n) is 2.68. The third-order valence-electron chi connectivity index (χ3n) is 1.17. The Labute approximate surface area is 90.0 Å². The second kappa shape index (κ2) is 11.6. The zero-order chi connectivity index (χ0) is 10.7. The predicted molar refractivity (Wildman–Crippen MR) is 63.3 cm³/mol. The fourth-order valence-electron chi connectivity index (χ4n) is 0.635. The van der Waals surface area contributed by atoms with Crippen LogP contribution in [0.5, 0.6) is 0 Å². The molecule has 0 aliphatic carbocycles. The molecular weight excluding hydrogens is 228 g/mol. The lowest BCUT2D eigenvalue weighted by atomic mass is 10.3. The number of carbonyl (C=O) groups excluding carboxylic acids is 1. The molecule has 0 heterocycles. The smallest absolute Gasteiger partial charge is 0.145 e. The van der Waals surface area contributed by atoms with E-state index in [-0.39, 0.29) is 0 Å². The second-order valence-corrected chi connectivity index (χ2v) is 4.12. The molecule has 0 aromatic carbocycles. The Bertz CT molecular complexity index is 169. The Morgan fingerprint density at radius 2 is 2.08 bits per heavy atom. The van der Waals surface area contributed by atoms with Crippen LogP contribution in [0.3, 0.4) is 0 Å². The van der Waals surface area contributed by atoms with Crippen LogP contribution in [0.4, 0.5) is 0 Å². The van der Waals surface area contributed by atoms with Gasteiger partial charge in [-0.3, -0.25) is 4.79 Å². The molecule has 0 radical (unpaired) electrons. The van der Waals surface area contributed by atoms with E-state index in [0.717, 1.165) is 18.3 Å². The lowest BCUT2D eigenvalue weighted by molar-refractivity contribution is -0.104. The van der Waals surface area contributed by atoms with Crippen molar-refractivity contribution in [1.29, 1.82) is 0 Å². The SMILES string of the molecule is C/C=C\C(C)Br.CC/C=C(\C)C=O. The van der Waals surface area contributed by atoms with Crippen LogP contribution in [0.1, 0.15) is 34.1 Å². The first-order chi connectivity index (χ1) is 6.08. The van der Waals surface area contributed by atoms with Crippen molar-refractivity contribution in [2.45, 2.75) is 38.9 Å². The minimum atomic E-state index is 0.530. The molecule has 0 aliphatic heterocycles. The van der Waals surface area contributed by atoms with Gasteiger partial charge >= 0.3 is 0 Å². The summed E-state index contributed by atoms with van der Waals surface area (Å²) in [4.78, 5) is 10.4. The molecule has 0 aromatic rings. The van der Waals surface area contributed by atoms with Crippen molar-refractivity contribution in [3.63, 3.8) is 0 Å². The first-order valence-corrected chi connectivity index (χ1v) is 5.38. The maximum absolute atomic E-state index is 9.83. The molecule has 0 N–H and O–H groups in total. The minimum Gasteiger partial charge on any atom is -0.298 e. The van der Waals surface area contributed by atoms with Crippen LogP contribution < -0.4 is 0 Å². The van der Waals surface area contributed by atoms with Crippen LogP contribution in [0, 0.1) is 0 Å². The van der Waals surface area contributed by atoms with Gasteiger partial charge in [-0.25, -0.2) is 0 Å². The summed E-state index contributed by atoms with van der Waals surface area (Å²) in [6, 6.07) is 0. The molecule has 0 spiro atoms. The highest BCUT2D eigenvalue weighted by Crippen LogP contribution is 1.96. The summed E-state index contributed by atoms with van der Waals surface area (Å²) >= 11 is 3.35. The summed E-state index contributed by atoms with van der Waals surface area (Å²) in [5, 5.41) is 0. The molecule has 1 nitrogen and oxygen atoms in total. The van der Waals surface area contributed by atoms with Crippen LogP contribution in [0.2, 0.25) is 0 Å². The van der Waals surface area contributed by atoms with Crippen molar-refractivity contribution in [3.05, 3.63) is 23.8 Å². The summed E-state index contributed by atoms with van der Waals surface area (Å²) in [7, 11) is 0. The van der Waals surface area contributed by atoms with Crippen LogP contribution in [-0.4, -0.2) is 11.1 Å². The molecule has 0 aliphatic rings. The maximum atomic E-state index is 9.83. The van der Waals surface area contributed by atoms with Crippen molar-refractivity contribution in [1.82, 2.24) is 0 Å². The highest BCUT2D eigenvalue weighted by Gasteiger charge is 1.79. The highest BCUT2D eigenvalue weighted by atomic mass is 79.9. The summed E-state index contributed by atoms with van der Waals surface area (Å²) in [6.07, 6.45) is 7.82. The number of carbonyl (C=O) groups is 1. The molecule has 0 aromatic heterocycles. The molecule has 1 unspecified atom stereocenters. The zero-order valence-corrected chi connectivity index (χ0v) is 10.5.